The summed E-state index contributed by atoms with van der Waals surface area (Å²) in [5, 5.41) is 2.62. The molecule has 2 nitrogen and oxygen atoms in total. The molecule has 0 unspecified atom stereocenters. The second kappa shape index (κ2) is 5.72. The van der Waals surface area contributed by atoms with Crippen LogP contribution in [0.15, 0.2) is 36.4 Å². The number of benzene rings is 2. The van der Waals surface area contributed by atoms with Crippen molar-refractivity contribution >= 4 is 10.8 Å². The number of nitrogens with zero attached hydrogens (tertiary/aromatic N) is 1. The standard InChI is InChI=1S/C17H22N2/c18-12-16-6-4-5-15-11-14(7-8-17(15)16)13-19-9-2-1-3-10-19/h4-8,11H,1-3,9-10,12-13,18H2. The fraction of sp³-hybridized carbons (Fsp3) is 0.412. The molecular weight excluding hydrogens is 232 g/mol. The highest BCUT2D eigenvalue weighted by Crippen LogP contribution is 2.21. The SMILES string of the molecule is NCc1cccc2cc(CN3CCCCC3)ccc12. The fourth-order valence-corrected chi connectivity index (χ4v) is 3.05. The first-order valence-corrected chi connectivity index (χ1v) is 7.30. The minimum atomic E-state index is 0.614. The summed E-state index contributed by atoms with van der Waals surface area (Å²) in [6.07, 6.45) is 4.10. The Morgan fingerprint density at radius 2 is 1.84 bits per heavy atom. The smallest absolute Gasteiger partial charge is 0.0233 e. The van der Waals surface area contributed by atoms with Crippen LogP contribution in [-0.2, 0) is 13.1 Å². The minimum Gasteiger partial charge on any atom is -0.326 e. The van der Waals surface area contributed by atoms with Crippen LogP contribution in [0.2, 0.25) is 0 Å². The molecule has 0 spiro atoms. The first kappa shape index (κ1) is 12.6. The molecule has 19 heavy (non-hydrogen) atoms. The van der Waals surface area contributed by atoms with Crippen LogP contribution in [-0.4, -0.2) is 18.0 Å². The molecule has 0 saturated carbocycles. The summed E-state index contributed by atoms with van der Waals surface area (Å²) in [4.78, 5) is 2.57. The highest BCUT2D eigenvalue weighted by Gasteiger charge is 2.10. The molecule has 100 valence electrons. The first-order chi connectivity index (χ1) is 9.36. The predicted octanol–water partition coefficient (Wildman–Crippen LogP) is 3.28. The highest BCUT2D eigenvalue weighted by atomic mass is 15.1. The van der Waals surface area contributed by atoms with Gasteiger partial charge < -0.3 is 5.73 Å². The molecule has 1 fully saturated rings. The lowest BCUT2D eigenvalue weighted by Crippen LogP contribution is -2.29. The zero-order chi connectivity index (χ0) is 13.1. The van der Waals surface area contributed by atoms with Crippen LogP contribution in [0.4, 0.5) is 0 Å². The Kier molecular flexibility index (Phi) is 3.81. The number of likely N-dealkylation sites (tertiary alicyclic amines) is 1. The third-order valence-corrected chi connectivity index (χ3v) is 4.11. The van der Waals surface area contributed by atoms with E-state index in [9.17, 15) is 0 Å². The Morgan fingerprint density at radius 1 is 1.00 bits per heavy atom. The van der Waals surface area contributed by atoms with Crippen LogP contribution < -0.4 is 5.73 Å². The maximum atomic E-state index is 5.80. The Balaban J connectivity index is 1.85. The predicted molar refractivity (Wildman–Crippen MR) is 81.0 cm³/mol. The van der Waals surface area contributed by atoms with Crippen molar-refractivity contribution in [2.24, 2.45) is 5.73 Å². The first-order valence-electron chi connectivity index (χ1n) is 7.30. The number of fused-ring (bicyclic) bond motifs is 1. The quantitative estimate of drug-likeness (QED) is 0.910. The van der Waals surface area contributed by atoms with Gasteiger partial charge in [0.2, 0.25) is 0 Å². The van der Waals surface area contributed by atoms with Crippen molar-refractivity contribution in [1.29, 1.82) is 0 Å². The van der Waals surface area contributed by atoms with Gasteiger partial charge in [0.25, 0.3) is 0 Å². The van der Waals surface area contributed by atoms with Crippen molar-refractivity contribution in [3.63, 3.8) is 0 Å². The second-order valence-electron chi connectivity index (χ2n) is 5.51. The summed E-state index contributed by atoms with van der Waals surface area (Å²) in [6, 6.07) is 13.2. The van der Waals surface area contributed by atoms with Gasteiger partial charge >= 0.3 is 0 Å². The van der Waals surface area contributed by atoms with Crippen LogP contribution >= 0.6 is 0 Å². The van der Waals surface area contributed by atoms with E-state index in [0.29, 0.717) is 6.54 Å². The number of hydrogen-bond donors (Lipinski definition) is 1. The van der Waals surface area contributed by atoms with Gasteiger partial charge in [-0.05, 0) is 53.9 Å². The maximum Gasteiger partial charge on any atom is 0.0233 e. The maximum absolute atomic E-state index is 5.80. The van der Waals surface area contributed by atoms with Gasteiger partial charge in [0, 0.05) is 13.1 Å². The largest absolute Gasteiger partial charge is 0.326 e. The molecule has 2 N–H and O–H groups in total. The van der Waals surface area contributed by atoms with Crippen LogP contribution in [0.1, 0.15) is 30.4 Å². The molecule has 2 heteroatoms. The van der Waals surface area contributed by atoms with E-state index in [1.165, 1.54) is 54.3 Å². The van der Waals surface area contributed by atoms with Gasteiger partial charge in [-0.25, -0.2) is 0 Å². The average Bonchev–Trinajstić information content (AvgIpc) is 2.47. The van der Waals surface area contributed by atoms with Gasteiger partial charge in [-0.2, -0.15) is 0 Å². The summed E-state index contributed by atoms with van der Waals surface area (Å²) in [5.41, 5.74) is 8.45. The van der Waals surface area contributed by atoms with Crippen molar-refractivity contribution in [1.82, 2.24) is 4.90 Å². The van der Waals surface area contributed by atoms with Crippen molar-refractivity contribution < 1.29 is 0 Å². The number of nitrogens with two attached hydrogens (primary N) is 1. The monoisotopic (exact) mass is 254 g/mol. The summed E-state index contributed by atoms with van der Waals surface area (Å²) in [6.45, 7) is 4.20. The molecule has 1 heterocycles. The summed E-state index contributed by atoms with van der Waals surface area (Å²) < 4.78 is 0. The molecule has 1 aliphatic heterocycles. The number of rotatable bonds is 3. The fourth-order valence-electron chi connectivity index (χ4n) is 3.05. The molecule has 2 aromatic rings. The Hall–Kier alpha value is -1.38. The third kappa shape index (κ3) is 2.80. The molecule has 0 amide bonds. The van der Waals surface area contributed by atoms with E-state index in [1.807, 2.05) is 0 Å². The molecule has 0 aliphatic carbocycles. The van der Waals surface area contributed by atoms with E-state index in [-0.39, 0.29) is 0 Å². The number of hydrogen-bond acceptors (Lipinski definition) is 2. The molecule has 3 rings (SSSR count). The average molecular weight is 254 g/mol. The van der Waals surface area contributed by atoms with Crippen molar-refractivity contribution in [3.8, 4) is 0 Å². The topological polar surface area (TPSA) is 29.3 Å². The van der Waals surface area contributed by atoms with E-state index >= 15 is 0 Å². The van der Waals surface area contributed by atoms with E-state index in [0.717, 1.165) is 6.54 Å². The summed E-state index contributed by atoms with van der Waals surface area (Å²) in [7, 11) is 0. The zero-order valence-electron chi connectivity index (χ0n) is 11.4. The van der Waals surface area contributed by atoms with Gasteiger partial charge in [-0.1, -0.05) is 36.8 Å². The van der Waals surface area contributed by atoms with Gasteiger partial charge in [0.15, 0.2) is 0 Å². The third-order valence-electron chi connectivity index (χ3n) is 4.11. The lowest BCUT2D eigenvalue weighted by atomic mass is 10.0. The molecule has 0 radical (unpaired) electrons. The minimum absolute atomic E-state index is 0.614. The molecule has 2 aromatic carbocycles. The van der Waals surface area contributed by atoms with Crippen LogP contribution in [0.5, 0.6) is 0 Å². The lowest BCUT2D eigenvalue weighted by molar-refractivity contribution is 0.221. The van der Waals surface area contributed by atoms with Crippen molar-refractivity contribution in [2.45, 2.75) is 32.4 Å². The van der Waals surface area contributed by atoms with Crippen LogP contribution in [0.3, 0.4) is 0 Å². The zero-order valence-corrected chi connectivity index (χ0v) is 11.4. The van der Waals surface area contributed by atoms with Crippen molar-refractivity contribution in [3.05, 3.63) is 47.5 Å². The molecule has 0 aromatic heterocycles. The van der Waals surface area contributed by atoms with E-state index < -0.39 is 0 Å². The summed E-state index contributed by atoms with van der Waals surface area (Å²) >= 11 is 0. The van der Waals surface area contributed by atoms with Gasteiger partial charge in [-0.3, -0.25) is 4.90 Å². The lowest BCUT2D eigenvalue weighted by Gasteiger charge is -2.26. The van der Waals surface area contributed by atoms with Crippen molar-refractivity contribution in [2.75, 3.05) is 13.1 Å². The summed E-state index contributed by atoms with van der Waals surface area (Å²) in [5.74, 6) is 0. The van der Waals surface area contributed by atoms with Gasteiger partial charge in [0.05, 0.1) is 0 Å². The molecule has 0 atom stereocenters. The highest BCUT2D eigenvalue weighted by molar-refractivity contribution is 5.86. The van der Waals surface area contributed by atoms with Gasteiger partial charge in [0.1, 0.15) is 0 Å². The number of piperidine rings is 1. The Bertz CT molecular complexity index is 556. The molecule has 1 saturated heterocycles. The Morgan fingerprint density at radius 3 is 2.63 bits per heavy atom. The van der Waals surface area contributed by atoms with E-state index in [1.54, 1.807) is 0 Å². The second-order valence-corrected chi connectivity index (χ2v) is 5.51. The molecule has 1 aliphatic rings. The molecular formula is C17H22N2. The van der Waals surface area contributed by atoms with E-state index in [4.69, 9.17) is 5.73 Å². The van der Waals surface area contributed by atoms with Gasteiger partial charge in [-0.15, -0.1) is 0 Å². The molecule has 0 bridgehead atoms. The van der Waals surface area contributed by atoms with Crippen LogP contribution in [0, 0.1) is 0 Å². The normalized spacial score (nSPS) is 16.9. The Labute approximate surface area is 115 Å². The van der Waals surface area contributed by atoms with E-state index in [2.05, 4.69) is 41.3 Å². The van der Waals surface area contributed by atoms with Crippen LogP contribution in [0.25, 0.3) is 10.8 Å².